The second kappa shape index (κ2) is 70.4. The van der Waals surface area contributed by atoms with Crippen molar-refractivity contribution in [1.82, 2.24) is 0 Å². The van der Waals surface area contributed by atoms with E-state index in [0.717, 1.165) is 0 Å². The zero-order valence-electron chi connectivity index (χ0n) is 37.0. The molecule has 326 valence electrons. The van der Waals surface area contributed by atoms with Gasteiger partial charge in [0.25, 0.3) is 0 Å². The smallest absolute Gasteiger partial charge is 0.302 e. The number of rotatable bonds is 11. The van der Waals surface area contributed by atoms with Crippen molar-refractivity contribution >= 4 is 47.8 Å². The van der Waals surface area contributed by atoms with E-state index < -0.39 is 0 Å². The van der Waals surface area contributed by atoms with E-state index in [4.69, 9.17) is 0 Å². The maximum absolute atomic E-state index is 9.82. The first kappa shape index (κ1) is 71.2. The molecule has 0 heterocycles. The van der Waals surface area contributed by atoms with Crippen molar-refractivity contribution in [3.8, 4) is 0 Å². The summed E-state index contributed by atoms with van der Waals surface area (Å²) in [4.78, 5) is 78.6. The lowest BCUT2D eigenvalue weighted by atomic mass is 10.2. The molecule has 0 spiro atoms. The summed E-state index contributed by atoms with van der Waals surface area (Å²) < 4.78 is 35.2. The van der Waals surface area contributed by atoms with Crippen molar-refractivity contribution in [1.29, 1.82) is 0 Å². The number of ether oxygens (including phenoxy) is 8. The van der Waals surface area contributed by atoms with Crippen LogP contribution in [0.2, 0.25) is 0 Å². The Morgan fingerprint density at radius 2 is 0.333 bits per heavy atom. The fourth-order valence-corrected chi connectivity index (χ4v) is 2.13. The van der Waals surface area contributed by atoms with Gasteiger partial charge in [-0.2, -0.15) is 0 Å². The second-order valence-corrected chi connectivity index (χ2v) is 9.10. The van der Waals surface area contributed by atoms with E-state index in [2.05, 4.69) is 51.7 Å². The molecule has 0 aliphatic carbocycles. The normalized spacial score (nSPS) is 7.81. The van der Waals surface area contributed by atoms with Gasteiger partial charge in [-0.05, 0) is 55.4 Å². The molecule has 0 amide bonds. The molecular formula is C38H78O16. The van der Waals surface area contributed by atoms with E-state index >= 15 is 0 Å². The molecule has 0 aromatic rings. The number of unbranched alkanes of at least 4 members (excludes halogenated alkanes) is 3. The van der Waals surface area contributed by atoms with Crippen LogP contribution in [0.25, 0.3) is 0 Å². The summed E-state index contributed by atoms with van der Waals surface area (Å²) in [6.07, 6.45) is 5.54. The third kappa shape index (κ3) is 202. The van der Waals surface area contributed by atoms with E-state index in [9.17, 15) is 38.4 Å². The highest BCUT2D eigenvalue weighted by atomic mass is 16.6. The second-order valence-electron chi connectivity index (χ2n) is 9.10. The minimum atomic E-state index is -0.211. The van der Waals surface area contributed by atoms with Crippen LogP contribution in [0.15, 0.2) is 0 Å². The van der Waals surface area contributed by atoms with Crippen molar-refractivity contribution in [2.75, 3.05) is 52.9 Å². The predicted octanol–water partition coefficient (Wildman–Crippen LogP) is 7.14. The minimum absolute atomic E-state index is 0.211. The van der Waals surface area contributed by atoms with Gasteiger partial charge in [0.05, 0.1) is 52.9 Å². The molecule has 0 saturated carbocycles. The molecule has 0 fully saturated rings. The molecule has 0 aromatic carbocycles. The largest absolute Gasteiger partial charge is 0.466 e. The molecule has 54 heavy (non-hydrogen) atoms. The summed E-state index contributed by atoms with van der Waals surface area (Å²) in [6.45, 7) is 33.7. The average molecular weight is 791 g/mol. The van der Waals surface area contributed by atoms with Crippen molar-refractivity contribution < 1.29 is 76.3 Å². The highest BCUT2D eigenvalue weighted by Gasteiger charge is 1.85. The van der Waals surface area contributed by atoms with Gasteiger partial charge in [0.15, 0.2) is 0 Å². The molecule has 0 saturated heterocycles. The number of carbonyl (C=O) groups excluding carboxylic acids is 8. The van der Waals surface area contributed by atoms with Gasteiger partial charge in [-0.1, -0.05) is 39.5 Å². The van der Waals surface area contributed by atoms with E-state index in [1.165, 1.54) is 81.1 Å². The summed E-state index contributed by atoms with van der Waals surface area (Å²) in [6, 6.07) is 0. The van der Waals surface area contributed by atoms with Crippen LogP contribution in [-0.2, 0) is 76.3 Å². The molecule has 0 radical (unpaired) electrons. The van der Waals surface area contributed by atoms with Crippen LogP contribution in [0, 0.1) is 0 Å². The first-order valence-corrected chi connectivity index (χ1v) is 18.1. The Hall–Kier alpha value is -4.24. The van der Waals surface area contributed by atoms with Crippen molar-refractivity contribution in [2.24, 2.45) is 0 Å². The molecule has 0 N–H and O–H groups in total. The van der Waals surface area contributed by atoms with Gasteiger partial charge >= 0.3 is 47.8 Å². The van der Waals surface area contributed by atoms with Gasteiger partial charge < -0.3 is 37.9 Å². The molecule has 0 aliphatic rings. The van der Waals surface area contributed by atoms with E-state index in [1.807, 2.05) is 0 Å². The summed E-state index contributed by atoms with van der Waals surface area (Å²) >= 11 is 0. The standard InChI is InChI=1S/C6H14.8C4H8O2/c1-3-5-6-4-2;8*1-3-6-4(2)5/h3-6H2,1-2H3;8*3H2,1-2H3. The van der Waals surface area contributed by atoms with Gasteiger partial charge in [-0.15, -0.1) is 0 Å². The number of hydrogen-bond donors (Lipinski definition) is 0. The Kier molecular flexibility index (Phi) is 92.8. The molecule has 0 atom stereocenters. The zero-order chi connectivity index (χ0) is 44.8. The SMILES string of the molecule is CCCCCC.CCOC(C)=O.CCOC(C)=O.CCOC(C)=O.CCOC(C)=O.CCOC(C)=O.CCOC(C)=O.CCOC(C)=O.CCOC(C)=O. The van der Waals surface area contributed by atoms with Gasteiger partial charge in [-0.25, -0.2) is 0 Å². The molecule has 0 aromatic heterocycles. The Morgan fingerprint density at radius 1 is 0.241 bits per heavy atom. The van der Waals surface area contributed by atoms with Crippen LogP contribution in [0.4, 0.5) is 0 Å². The van der Waals surface area contributed by atoms with Crippen molar-refractivity contribution in [2.45, 2.75) is 150 Å². The van der Waals surface area contributed by atoms with E-state index in [1.54, 1.807) is 55.4 Å². The summed E-state index contributed by atoms with van der Waals surface area (Å²) in [5.41, 5.74) is 0. The third-order valence-corrected chi connectivity index (χ3v) is 3.74. The minimum Gasteiger partial charge on any atom is -0.466 e. The van der Waals surface area contributed by atoms with Crippen LogP contribution in [-0.4, -0.2) is 101 Å². The predicted molar refractivity (Wildman–Crippen MR) is 208 cm³/mol. The summed E-state index contributed by atoms with van der Waals surface area (Å²) in [5, 5.41) is 0. The third-order valence-electron chi connectivity index (χ3n) is 3.74. The maximum Gasteiger partial charge on any atom is 0.302 e. The summed E-state index contributed by atoms with van der Waals surface area (Å²) in [7, 11) is 0. The lowest BCUT2D eigenvalue weighted by Crippen LogP contribution is -1.95. The fraction of sp³-hybridized carbons (Fsp3) is 0.789. The Morgan fingerprint density at radius 3 is 0.352 bits per heavy atom. The lowest BCUT2D eigenvalue weighted by Gasteiger charge is -1.89. The molecule has 16 nitrogen and oxygen atoms in total. The van der Waals surface area contributed by atoms with Gasteiger partial charge in [0, 0.05) is 55.4 Å². The number of esters is 8. The topological polar surface area (TPSA) is 210 Å². The van der Waals surface area contributed by atoms with E-state index in [-0.39, 0.29) is 47.8 Å². The monoisotopic (exact) mass is 791 g/mol. The molecule has 0 rings (SSSR count). The highest BCUT2D eigenvalue weighted by molar-refractivity contribution is 5.67. The van der Waals surface area contributed by atoms with Crippen LogP contribution in [0.1, 0.15) is 150 Å². The first-order chi connectivity index (χ1) is 25.1. The molecular weight excluding hydrogens is 712 g/mol. The fourth-order valence-electron chi connectivity index (χ4n) is 2.13. The van der Waals surface area contributed by atoms with Crippen LogP contribution in [0.3, 0.4) is 0 Å². The summed E-state index contributed by atoms with van der Waals surface area (Å²) in [5.74, 6) is -1.69. The van der Waals surface area contributed by atoms with Gasteiger partial charge in [0.1, 0.15) is 0 Å². The Balaban J connectivity index is -0.0000000603. The van der Waals surface area contributed by atoms with Crippen LogP contribution < -0.4 is 0 Å². The zero-order valence-corrected chi connectivity index (χ0v) is 37.0. The number of hydrogen-bond acceptors (Lipinski definition) is 16. The van der Waals surface area contributed by atoms with Crippen LogP contribution in [0.5, 0.6) is 0 Å². The van der Waals surface area contributed by atoms with Crippen LogP contribution >= 0.6 is 0 Å². The highest BCUT2D eigenvalue weighted by Crippen LogP contribution is 1.95. The van der Waals surface area contributed by atoms with Crippen molar-refractivity contribution in [3.63, 3.8) is 0 Å². The Labute approximate surface area is 326 Å². The lowest BCUT2D eigenvalue weighted by molar-refractivity contribution is -0.141. The molecule has 0 unspecified atom stereocenters. The van der Waals surface area contributed by atoms with Gasteiger partial charge in [-0.3, -0.25) is 38.4 Å². The van der Waals surface area contributed by atoms with Gasteiger partial charge in [0.2, 0.25) is 0 Å². The van der Waals surface area contributed by atoms with Crippen molar-refractivity contribution in [3.05, 3.63) is 0 Å². The average Bonchev–Trinajstić information content (AvgIpc) is 3.02. The quantitative estimate of drug-likeness (QED) is 0.116. The molecule has 0 bridgehead atoms. The first-order valence-electron chi connectivity index (χ1n) is 18.1. The maximum atomic E-state index is 9.82. The van der Waals surface area contributed by atoms with E-state index in [0.29, 0.717) is 52.9 Å². The Bertz CT molecular complexity index is 647. The molecule has 0 aliphatic heterocycles. The molecule has 16 heteroatoms. The number of carbonyl (C=O) groups is 8.